The van der Waals surface area contributed by atoms with Crippen molar-refractivity contribution in [2.75, 3.05) is 13.7 Å². The average Bonchev–Trinajstić information content (AvgIpc) is 3.00. The summed E-state index contributed by atoms with van der Waals surface area (Å²) in [5.74, 6) is -0.547. The Morgan fingerprint density at radius 3 is 2.67 bits per heavy atom. The van der Waals surface area contributed by atoms with Gasteiger partial charge in [0.2, 0.25) is 0 Å². The lowest BCUT2D eigenvalue weighted by Crippen LogP contribution is -2.26. The van der Waals surface area contributed by atoms with Gasteiger partial charge in [-0.1, -0.05) is 12.1 Å². The first-order valence-electron chi connectivity index (χ1n) is 6.60. The first-order chi connectivity index (χ1) is 10.2. The first kappa shape index (κ1) is 14.8. The summed E-state index contributed by atoms with van der Waals surface area (Å²) in [5, 5.41) is 6.80. The van der Waals surface area contributed by atoms with E-state index in [1.165, 1.54) is 7.11 Å². The summed E-state index contributed by atoms with van der Waals surface area (Å²) in [6.45, 7) is 0.928. The predicted molar refractivity (Wildman–Crippen MR) is 76.7 cm³/mol. The van der Waals surface area contributed by atoms with E-state index in [0.717, 1.165) is 5.56 Å². The molecule has 0 unspecified atom stereocenters. The minimum Gasteiger partial charge on any atom is -0.469 e. The molecule has 110 valence electrons. The van der Waals surface area contributed by atoms with E-state index in [1.807, 2.05) is 29.1 Å². The second kappa shape index (κ2) is 7.23. The molecule has 0 radical (unpaired) electrons. The summed E-state index contributed by atoms with van der Waals surface area (Å²) in [6, 6.07) is 9.15. The summed E-state index contributed by atoms with van der Waals surface area (Å²) in [7, 11) is 1.32. The third-order valence-corrected chi connectivity index (χ3v) is 2.96. The van der Waals surface area contributed by atoms with Crippen molar-refractivity contribution in [3.8, 4) is 0 Å². The topological polar surface area (TPSA) is 73.2 Å². The lowest BCUT2D eigenvalue weighted by Gasteiger charge is -2.06. The molecule has 6 nitrogen and oxygen atoms in total. The van der Waals surface area contributed by atoms with Crippen LogP contribution in [-0.4, -0.2) is 35.3 Å². The van der Waals surface area contributed by atoms with Crippen molar-refractivity contribution in [2.45, 2.75) is 13.0 Å². The molecule has 0 aliphatic rings. The van der Waals surface area contributed by atoms with E-state index in [2.05, 4.69) is 15.2 Å². The number of nitrogens with one attached hydrogen (secondary N) is 1. The van der Waals surface area contributed by atoms with E-state index in [0.29, 0.717) is 12.1 Å². The van der Waals surface area contributed by atoms with E-state index >= 15 is 0 Å². The Labute approximate surface area is 122 Å². The van der Waals surface area contributed by atoms with Gasteiger partial charge in [0, 0.05) is 24.5 Å². The van der Waals surface area contributed by atoms with E-state index < -0.39 is 0 Å². The number of aromatic nitrogens is 2. The van der Waals surface area contributed by atoms with Crippen molar-refractivity contribution in [3.05, 3.63) is 53.9 Å². The van der Waals surface area contributed by atoms with E-state index in [1.54, 1.807) is 18.3 Å². The number of benzene rings is 1. The summed E-state index contributed by atoms with van der Waals surface area (Å²) in [4.78, 5) is 22.8. The van der Waals surface area contributed by atoms with Crippen molar-refractivity contribution in [3.63, 3.8) is 0 Å². The Morgan fingerprint density at radius 2 is 2.05 bits per heavy atom. The standard InChI is InChI=1S/C15H17N3O3/c1-21-14(19)7-9-16-15(20)13-5-3-12(4-6-13)11-18-10-2-8-17-18/h2-6,8,10H,7,9,11H2,1H3,(H,16,20). The molecule has 0 fully saturated rings. The van der Waals surface area contributed by atoms with Crippen molar-refractivity contribution < 1.29 is 14.3 Å². The van der Waals surface area contributed by atoms with Crippen LogP contribution in [0.1, 0.15) is 22.3 Å². The predicted octanol–water partition coefficient (Wildman–Crippen LogP) is 1.22. The maximum atomic E-state index is 11.9. The minimum atomic E-state index is -0.343. The zero-order chi connectivity index (χ0) is 15.1. The average molecular weight is 287 g/mol. The number of nitrogens with zero attached hydrogens (tertiary/aromatic N) is 2. The third-order valence-electron chi connectivity index (χ3n) is 2.96. The maximum Gasteiger partial charge on any atom is 0.307 e. The van der Waals surface area contributed by atoms with Crippen LogP contribution in [0, 0.1) is 0 Å². The molecule has 6 heteroatoms. The van der Waals surface area contributed by atoms with Gasteiger partial charge < -0.3 is 10.1 Å². The normalized spacial score (nSPS) is 10.1. The van der Waals surface area contributed by atoms with Gasteiger partial charge >= 0.3 is 5.97 Å². The van der Waals surface area contributed by atoms with Crippen LogP contribution in [0.15, 0.2) is 42.7 Å². The minimum absolute atomic E-state index is 0.166. The fourth-order valence-corrected chi connectivity index (χ4v) is 1.82. The number of hydrogen-bond acceptors (Lipinski definition) is 4. The quantitative estimate of drug-likeness (QED) is 0.811. The molecule has 0 saturated heterocycles. The van der Waals surface area contributed by atoms with Crippen molar-refractivity contribution in [1.82, 2.24) is 15.1 Å². The van der Waals surface area contributed by atoms with Crippen LogP contribution in [-0.2, 0) is 16.1 Å². The molecule has 0 spiro atoms. The molecule has 1 aromatic carbocycles. The summed E-state index contributed by atoms with van der Waals surface area (Å²) in [6.07, 6.45) is 3.77. The molecule has 2 aromatic rings. The van der Waals surface area contributed by atoms with Gasteiger partial charge in [-0.3, -0.25) is 14.3 Å². The molecule has 0 saturated carbocycles. The third kappa shape index (κ3) is 4.45. The highest BCUT2D eigenvalue weighted by Gasteiger charge is 2.06. The molecule has 1 aromatic heterocycles. The van der Waals surface area contributed by atoms with Gasteiger partial charge in [-0.15, -0.1) is 0 Å². The zero-order valence-corrected chi connectivity index (χ0v) is 11.8. The maximum absolute atomic E-state index is 11.9. The number of hydrogen-bond donors (Lipinski definition) is 1. The van der Waals surface area contributed by atoms with E-state index in [-0.39, 0.29) is 24.8 Å². The van der Waals surface area contributed by atoms with Gasteiger partial charge in [-0.2, -0.15) is 5.10 Å². The van der Waals surface area contributed by atoms with Crippen molar-refractivity contribution in [1.29, 1.82) is 0 Å². The molecule has 0 aliphatic heterocycles. The Balaban J connectivity index is 1.86. The molecular formula is C15H17N3O3. The Bertz CT molecular complexity index is 591. The second-order valence-electron chi connectivity index (χ2n) is 4.48. The van der Waals surface area contributed by atoms with Gasteiger partial charge in [0.1, 0.15) is 0 Å². The number of carbonyl (C=O) groups is 2. The highest BCUT2D eigenvalue weighted by molar-refractivity contribution is 5.94. The smallest absolute Gasteiger partial charge is 0.307 e. The van der Waals surface area contributed by atoms with Gasteiger partial charge in [-0.25, -0.2) is 0 Å². The van der Waals surface area contributed by atoms with Gasteiger partial charge in [0.05, 0.1) is 20.1 Å². The van der Waals surface area contributed by atoms with Crippen LogP contribution in [0.3, 0.4) is 0 Å². The van der Waals surface area contributed by atoms with Crippen LogP contribution < -0.4 is 5.32 Å². The van der Waals surface area contributed by atoms with Gasteiger partial charge in [0.15, 0.2) is 0 Å². The highest BCUT2D eigenvalue weighted by atomic mass is 16.5. The summed E-state index contributed by atoms with van der Waals surface area (Å²) < 4.78 is 6.32. The Kier molecular flexibility index (Phi) is 5.09. The molecule has 1 amide bonds. The first-order valence-corrected chi connectivity index (χ1v) is 6.60. The SMILES string of the molecule is COC(=O)CCNC(=O)c1ccc(Cn2cccn2)cc1. The molecule has 21 heavy (non-hydrogen) atoms. The van der Waals surface area contributed by atoms with Crippen molar-refractivity contribution in [2.24, 2.45) is 0 Å². The summed E-state index contributed by atoms with van der Waals surface area (Å²) >= 11 is 0. The Morgan fingerprint density at radius 1 is 1.29 bits per heavy atom. The van der Waals surface area contributed by atoms with Crippen molar-refractivity contribution >= 4 is 11.9 Å². The molecular weight excluding hydrogens is 270 g/mol. The number of esters is 1. The molecule has 2 rings (SSSR count). The molecule has 1 heterocycles. The van der Waals surface area contributed by atoms with Crippen LogP contribution in [0.25, 0.3) is 0 Å². The van der Waals surface area contributed by atoms with E-state index in [4.69, 9.17) is 0 Å². The monoisotopic (exact) mass is 287 g/mol. The van der Waals surface area contributed by atoms with Crippen LogP contribution >= 0.6 is 0 Å². The molecule has 0 bridgehead atoms. The molecule has 0 atom stereocenters. The highest BCUT2D eigenvalue weighted by Crippen LogP contribution is 2.06. The number of amides is 1. The van der Waals surface area contributed by atoms with E-state index in [9.17, 15) is 9.59 Å². The van der Waals surface area contributed by atoms with Gasteiger partial charge in [0.25, 0.3) is 5.91 Å². The van der Waals surface area contributed by atoms with Crippen LogP contribution in [0.4, 0.5) is 0 Å². The van der Waals surface area contributed by atoms with Gasteiger partial charge in [-0.05, 0) is 23.8 Å². The fraction of sp³-hybridized carbons (Fsp3) is 0.267. The largest absolute Gasteiger partial charge is 0.469 e. The summed E-state index contributed by atoms with van der Waals surface area (Å²) in [5.41, 5.74) is 1.62. The zero-order valence-electron chi connectivity index (χ0n) is 11.8. The van der Waals surface area contributed by atoms with Crippen LogP contribution in [0.2, 0.25) is 0 Å². The molecule has 0 aliphatic carbocycles. The lowest BCUT2D eigenvalue weighted by atomic mass is 10.1. The lowest BCUT2D eigenvalue weighted by molar-refractivity contribution is -0.140. The molecule has 1 N–H and O–H groups in total. The number of carbonyl (C=O) groups excluding carboxylic acids is 2. The second-order valence-corrected chi connectivity index (χ2v) is 4.48. The number of rotatable bonds is 6. The van der Waals surface area contributed by atoms with Crippen LogP contribution in [0.5, 0.6) is 0 Å². The Hall–Kier alpha value is -2.63. The number of ether oxygens (including phenoxy) is 1. The number of methoxy groups -OCH3 is 1. The fourth-order valence-electron chi connectivity index (χ4n) is 1.82.